The number of nitrogens with zero attached hydrogens (tertiary/aromatic N) is 3. The minimum absolute atomic E-state index is 0.158. The summed E-state index contributed by atoms with van der Waals surface area (Å²) in [7, 11) is -3.55. The number of guanidine groups is 1. The molecule has 28 heavy (non-hydrogen) atoms. The predicted molar refractivity (Wildman–Crippen MR) is 115 cm³/mol. The molecule has 0 bridgehead atoms. The van der Waals surface area contributed by atoms with Crippen LogP contribution in [0.25, 0.3) is 0 Å². The van der Waals surface area contributed by atoms with Crippen LogP contribution >= 0.6 is 0 Å². The molecule has 0 aromatic carbocycles. The Bertz CT molecular complexity index is 662. The van der Waals surface area contributed by atoms with Crippen molar-refractivity contribution in [1.82, 2.24) is 25.2 Å². The van der Waals surface area contributed by atoms with Gasteiger partial charge in [0.05, 0.1) is 6.54 Å². The fourth-order valence-electron chi connectivity index (χ4n) is 2.72. The Labute approximate surface area is 170 Å². The number of hydrogen-bond acceptors (Lipinski definition) is 5. The summed E-state index contributed by atoms with van der Waals surface area (Å²) in [6.45, 7) is 13.1. The van der Waals surface area contributed by atoms with Gasteiger partial charge < -0.3 is 15.5 Å². The third-order valence-electron chi connectivity index (χ3n) is 4.35. The van der Waals surface area contributed by atoms with E-state index in [9.17, 15) is 8.42 Å². The van der Waals surface area contributed by atoms with Gasteiger partial charge in [0, 0.05) is 31.5 Å². The van der Waals surface area contributed by atoms with Gasteiger partial charge in [0.2, 0.25) is 10.0 Å². The first-order valence-electron chi connectivity index (χ1n) is 10.1. The summed E-state index contributed by atoms with van der Waals surface area (Å²) in [5, 5.41) is 6.60. The Kier molecular flexibility index (Phi) is 11.7. The van der Waals surface area contributed by atoms with Crippen molar-refractivity contribution in [2.75, 3.05) is 39.3 Å². The van der Waals surface area contributed by atoms with E-state index >= 15 is 0 Å². The largest absolute Gasteiger partial charge is 0.357 e. The highest BCUT2D eigenvalue weighted by Crippen LogP contribution is 2.04. The SMILES string of the molecule is CCNC(=NCCNS(=O)(=O)c1cccnc1)NC(C)CCCN(CC)CC. The molecule has 1 aromatic heterocycles. The van der Waals surface area contributed by atoms with E-state index in [1.54, 1.807) is 12.3 Å². The number of nitrogens with one attached hydrogen (secondary N) is 3. The fourth-order valence-corrected chi connectivity index (χ4v) is 3.71. The van der Waals surface area contributed by atoms with E-state index in [4.69, 9.17) is 0 Å². The van der Waals surface area contributed by atoms with Crippen molar-refractivity contribution in [3.63, 3.8) is 0 Å². The summed E-state index contributed by atoms with van der Waals surface area (Å²) in [5.74, 6) is 0.707. The molecule has 0 spiro atoms. The van der Waals surface area contributed by atoms with E-state index in [0.717, 1.165) is 39.0 Å². The van der Waals surface area contributed by atoms with Crippen LogP contribution in [0.2, 0.25) is 0 Å². The molecule has 8 nitrogen and oxygen atoms in total. The van der Waals surface area contributed by atoms with E-state index in [1.165, 1.54) is 12.3 Å². The molecule has 0 saturated heterocycles. The molecule has 0 amide bonds. The molecule has 0 saturated carbocycles. The number of hydrogen-bond donors (Lipinski definition) is 3. The van der Waals surface area contributed by atoms with Crippen molar-refractivity contribution in [2.45, 2.75) is 51.5 Å². The van der Waals surface area contributed by atoms with Crippen molar-refractivity contribution in [3.8, 4) is 0 Å². The summed E-state index contributed by atoms with van der Waals surface area (Å²) in [4.78, 5) is 10.9. The molecule has 3 N–H and O–H groups in total. The zero-order valence-corrected chi connectivity index (χ0v) is 18.4. The highest BCUT2D eigenvalue weighted by atomic mass is 32.2. The Morgan fingerprint density at radius 1 is 1.29 bits per heavy atom. The van der Waals surface area contributed by atoms with Gasteiger partial charge >= 0.3 is 0 Å². The van der Waals surface area contributed by atoms with Crippen LogP contribution in [0.4, 0.5) is 0 Å². The van der Waals surface area contributed by atoms with Crippen LogP contribution in [0.3, 0.4) is 0 Å². The summed E-state index contributed by atoms with van der Waals surface area (Å²) >= 11 is 0. The van der Waals surface area contributed by atoms with E-state index in [2.05, 4.69) is 51.0 Å². The quantitative estimate of drug-likeness (QED) is 0.257. The van der Waals surface area contributed by atoms with Gasteiger partial charge in [0.25, 0.3) is 0 Å². The summed E-state index contributed by atoms with van der Waals surface area (Å²) in [6.07, 6.45) is 5.05. The molecule has 0 aliphatic heterocycles. The molecule has 0 radical (unpaired) electrons. The maximum atomic E-state index is 12.2. The van der Waals surface area contributed by atoms with Gasteiger partial charge in [-0.15, -0.1) is 0 Å². The van der Waals surface area contributed by atoms with Gasteiger partial charge in [-0.1, -0.05) is 13.8 Å². The zero-order chi connectivity index (χ0) is 20.8. The minimum atomic E-state index is -3.55. The first-order valence-corrected chi connectivity index (χ1v) is 11.6. The first-order chi connectivity index (χ1) is 13.4. The first kappa shape index (κ1) is 24.3. The molecule has 1 atom stereocenters. The molecular weight excluding hydrogens is 376 g/mol. The van der Waals surface area contributed by atoms with Crippen LogP contribution < -0.4 is 15.4 Å². The van der Waals surface area contributed by atoms with Crippen molar-refractivity contribution in [1.29, 1.82) is 0 Å². The highest BCUT2D eigenvalue weighted by Gasteiger charge is 2.12. The number of sulfonamides is 1. The van der Waals surface area contributed by atoms with E-state index in [-0.39, 0.29) is 11.4 Å². The second-order valence-corrected chi connectivity index (χ2v) is 8.33. The van der Waals surface area contributed by atoms with Crippen molar-refractivity contribution in [2.24, 2.45) is 4.99 Å². The lowest BCUT2D eigenvalue weighted by atomic mass is 10.2. The van der Waals surface area contributed by atoms with Crippen LogP contribution in [0.1, 0.15) is 40.5 Å². The smallest absolute Gasteiger partial charge is 0.242 e. The molecule has 1 aromatic rings. The van der Waals surface area contributed by atoms with Crippen LogP contribution in [0.15, 0.2) is 34.4 Å². The molecule has 160 valence electrons. The third kappa shape index (κ3) is 9.48. The lowest BCUT2D eigenvalue weighted by molar-refractivity contribution is 0.292. The molecule has 9 heteroatoms. The van der Waals surface area contributed by atoms with Gasteiger partial charge in [-0.2, -0.15) is 0 Å². The maximum Gasteiger partial charge on any atom is 0.242 e. The van der Waals surface area contributed by atoms with Gasteiger partial charge in [-0.25, -0.2) is 13.1 Å². The standard InChI is InChI=1S/C19H36N6O2S/c1-5-21-19(24-17(4)10-9-15-25(6-2)7-3)22-13-14-23-28(26,27)18-11-8-12-20-16-18/h8,11-12,16-17,23H,5-7,9-10,13-15H2,1-4H3,(H2,21,22,24). The Hall–Kier alpha value is -1.71. The lowest BCUT2D eigenvalue weighted by Gasteiger charge is -2.21. The van der Waals surface area contributed by atoms with Crippen LogP contribution in [-0.2, 0) is 10.0 Å². The average molecular weight is 413 g/mol. The van der Waals surface area contributed by atoms with Crippen LogP contribution in [0, 0.1) is 0 Å². The third-order valence-corrected chi connectivity index (χ3v) is 5.80. The molecular formula is C19H36N6O2S. The molecule has 0 aliphatic carbocycles. The molecule has 1 heterocycles. The minimum Gasteiger partial charge on any atom is -0.357 e. The summed E-state index contributed by atoms with van der Waals surface area (Å²) in [5.41, 5.74) is 0. The van der Waals surface area contributed by atoms with E-state index < -0.39 is 10.0 Å². The summed E-state index contributed by atoms with van der Waals surface area (Å²) in [6, 6.07) is 3.41. The normalized spacial score (nSPS) is 13.5. The maximum absolute atomic E-state index is 12.2. The monoisotopic (exact) mass is 412 g/mol. The fraction of sp³-hybridized carbons (Fsp3) is 0.684. The van der Waals surface area contributed by atoms with Crippen LogP contribution in [0.5, 0.6) is 0 Å². The lowest BCUT2D eigenvalue weighted by Crippen LogP contribution is -2.43. The zero-order valence-electron chi connectivity index (χ0n) is 17.6. The highest BCUT2D eigenvalue weighted by molar-refractivity contribution is 7.89. The van der Waals surface area contributed by atoms with Gasteiger partial charge in [0.1, 0.15) is 4.90 Å². The van der Waals surface area contributed by atoms with Crippen molar-refractivity contribution >= 4 is 16.0 Å². The average Bonchev–Trinajstić information content (AvgIpc) is 2.69. The number of aliphatic imine (C=N–C) groups is 1. The van der Waals surface area contributed by atoms with Gasteiger partial charge in [0.15, 0.2) is 5.96 Å². The summed E-state index contributed by atoms with van der Waals surface area (Å²) < 4.78 is 26.9. The van der Waals surface area contributed by atoms with E-state index in [1.807, 2.05) is 6.92 Å². The molecule has 0 aliphatic rings. The second kappa shape index (κ2) is 13.5. The molecule has 1 unspecified atom stereocenters. The Morgan fingerprint density at radius 2 is 2.04 bits per heavy atom. The number of pyridine rings is 1. The second-order valence-electron chi connectivity index (χ2n) is 6.56. The number of aromatic nitrogens is 1. The Morgan fingerprint density at radius 3 is 2.64 bits per heavy atom. The van der Waals surface area contributed by atoms with Crippen LogP contribution in [-0.4, -0.2) is 69.6 Å². The van der Waals surface area contributed by atoms with Crippen molar-refractivity contribution < 1.29 is 8.42 Å². The van der Waals surface area contributed by atoms with Crippen molar-refractivity contribution in [3.05, 3.63) is 24.5 Å². The predicted octanol–water partition coefficient (Wildman–Crippen LogP) is 1.43. The number of rotatable bonds is 13. The van der Waals surface area contributed by atoms with E-state index in [0.29, 0.717) is 18.5 Å². The molecule has 0 fully saturated rings. The Balaban J connectivity index is 2.44. The van der Waals surface area contributed by atoms with Gasteiger partial charge in [-0.05, 0) is 58.5 Å². The van der Waals surface area contributed by atoms with Gasteiger partial charge in [-0.3, -0.25) is 9.98 Å². The topological polar surface area (TPSA) is 98.7 Å². The molecule has 1 rings (SSSR count).